The van der Waals surface area contributed by atoms with Gasteiger partial charge >= 0.3 is 0 Å². The van der Waals surface area contributed by atoms with E-state index >= 15 is 0 Å². The van der Waals surface area contributed by atoms with Crippen molar-refractivity contribution in [1.82, 2.24) is 14.0 Å². The molecule has 3 aromatic rings. The molecule has 4 rings (SSSR count). The Hall–Kier alpha value is -2.74. The predicted octanol–water partition coefficient (Wildman–Crippen LogP) is 4.14. The molecule has 1 aromatic heterocycles. The summed E-state index contributed by atoms with van der Waals surface area (Å²) < 4.78 is 9.97. The van der Waals surface area contributed by atoms with Gasteiger partial charge in [0.2, 0.25) is 0 Å². The molecule has 33 heavy (non-hydrogen) atoms. The second-order valence-corrected chi connectivity index (χ2v) is 9.18. The minimum Gasteiger partial charge on any atom is -0.374 e. The molecule has 174 valence electrons. The van der Waals surface area contributed by atoms with Crippen molar-refractivity contribution < 1.29 is 4.74 Å². The first-order valence-electron chi connectivity index (χ1n) is 11.4. The quantitative estimate of drug-likeness (QED) is 0.556. The Bertz CT molecular complexity index is 1250. The molecule has 1 fully saturated rings. The number of nitrogens with zero attached hydrogens (tertiary/aromatic N) is 3. The number of anilines is 1. The highest BCUT2D eigenvalue weighted by Crippen LogP contribution is 2.20. The fourth-order valence-electron chi connectivity index (χ4n) is 4.30. The highest BCUT2D eigenvalue weighted by atomic mass is 32.1. The van der Waals surface area contributed by atoms with Gasteiger partial charge in [0.05, 0.1) is 18.3 Å². The summed E-state index contributed by atoms with van der Waals surface area (Å²) in [7, 11) is 1.72. The number of hydrogen-bond acceptors (Lipinski definition) is 5. The van der Waals surface area contributed by atoms with E-state index in [0.29, 0.717) is 23.5 Å². The zero-order chi connectivity index (χ0) is 23.5. The van der Waals surface area contributed by atoms with Crippen LogP contribution < -0.4 is 10.9 Å². The zero-order valence-electron chi connectivity index (χ0n) is 19.8. The summed E-state index contributed by atoms with van der Waals surface area (Å²) in [5.41, 5.74) is 5.44. The topological polar surface area (TPSA) is 51.4 Å². The third kappa shape index (κ3) is 5.11. The van der Waals surface area contributed by atoms with E-state index in [-0.39, 0.29) is 11.7 Å². The molecular weight excluding hydrogens is 432 g/mol. The Labute approximate surface area is 200 Å². The van der Waals surface area contributed by atoms with E-state index in [1.807, 2.05) is 41.8 Å². The minimum atomic E-state index is -0.0874. The van der Waals surface area contributed by atoms with Crippen LogP contribution in [0.15, 0.2) is 53.3 Å². The summed E-state index contributed by atoms with van der Waals surface area (Å²) in [4.78, 5) is 15.2. The molecule has 7 heteroatoms. The van der Waals surface area contributed by atoms with Crippen LogP contribution >= 0.6 is 12.2 Å². The first-order chi connectivity index (χ1) is 15.8. The molecule has 0 radical (unpaired) electrons. The molecule has 1 N–H and O–H groups in total. The van der Waals surface area contributed by atoms with Crippen LogP contribution in [0, 0.1) is 25.5 Å². The van der Waals surface area contributed by atoms with Crippen molar-refractivity contribution in [3.05, 3.63) is 85.9 Å². The lowest BCUT2D eigenvalue weighted by Gasteiger charge is -2.33. The maximum atomic E-state index is 12.8. The van der Waals surface area contributed by atoms with Crippen LogP contribution in [0.4, 0.5) is 5.82 Å². The fraction of sp³-hybridized carbons (Fsp3) is 0.385. The fourth-order valence-corrected chi connectivity index (χ4v) is 4.58. The van der Waals surface area contributed by atoms with E-state index in [1.54, 1.807) is 7.05 Å². The number of para-hydroxylation sites is 1. The average Bonchev–Trinajstić information content (AvgIpc) is 2.82. The van der Waals surface area contributed by atoms with Gasteiger partial charge in [-0.2, -0.15) is 0 Å². The van der Waals surface area contributed by atoms with E-state index in [2.05, 4.69) is 42.3 Å². The Kier molecular flexibility index (Phi) is 7.12. The molecule has 1 atom stereocenters. The summed E-state index contributed by atoms with van der Waals surface area (Å²) in [6.07, 6.45) is 0.0200. The van der Waals surface area contributed by atoms with Crippen molar-refractivity contribution in [3.63, 3.8) is 0 Å². The number of hydrogen-bond donors (Lipinski definition) is 1. The Balaban J connectivity index is 1.52. The Morgan fingerprint density at radius 2 is 1.85 bits per heavy atom. The third-order valence-electron chi connectivity index (χ3n) is 6.39. The summed E-state index contributed by atoms with van der Waals surface area (Å²) in [6.45, 7) is 10.1. The van der Waals surface area contributed by atoms with Crippen molar-refractivity contribution in [1.29, 1.82) is 0 Å². The predicted molar refractivity (Wildman–Crippen MR) is 136 cm³/mol. The lowest BCUT2D eigenvalue weighted by Crippen LogP contribution is -2.45. The highest BCUT2D eigenvalue weighted by molar-refractivity contribution is 7.71. The smallest absolute Gasteiger partial charge is 0.259 e. The molecule has 1 unspecified atom stereocenters. The van der Waals surface area contributed by atoms with Crippen LogP contribution in [0.2, 0.25) is 0 Å². The van der Waals surface area contributed by atoms with Gasteiger partial charge in [-0.1, -0.05) is 36.4 Å². The van der Waals surface area contributed by atoms with Crippen LogP contribution in [-0.2, 0) is 18.3 Å². The minimum absolute atomic E-state index is 0.0200. The third-order valence-corrected chi connectivity index (χ3v) is 6.85. The van der Waals surface area contributed by atoms with Crippen LogP contribution in [0.3, 0.4) is 0 Å². The second-order valence-electron chi connectivity index (χ2n) is 8.82. The van der Waals surface area contributed by atoms with Gasteiger partial charge in [-0.05, 0) is 61.8 Å². The van der Waals surface area contributed by atoms with Gasteiger partial charge in [-0.15, -0.1) is 0 Å². The van der Waals surface area contributed by atoms with Gasteiger partial charge in [-0.25, -0.2) is 0 Å². The highest BCUT2D eigenvalue weighted by Gasteiger charge is 2.22. The molecule has 1 saturated heterocycles. The van der Waals surface area contributed by atoms with Crippen LogP contribution in [-0.4, -0.2) is 46.4 Å². The van der Waals surface area contributed by atoms with Crippen molar-refractivity contribution in [2.24, 2.45) is 7.05 Å². The molecule has 0 amide bonds. The molecule has 0 bridgehead atoms. The molecule has 0 saturated carbocycles. The van der Waals surface area contributed by atoms with Gasteiger partial charge in [0.25, 0.3) is 5.56 Å². The average molecular weight is 465 g/mol. The number of nitrogens with one attached hydrogen (secondary N) is 1. The molecule has 1 aliphatic rings. The molecular formula is C26H32N4O2S. The molecule has 2 aromatic carbocycles. The number of benzene rings is 2. The van der Waals surface area contributed by atoms with Crippen molar-refractivity contribution in [3.8, 4) is 5.69 Å². The molecule has 6 nitrogen and oxygen atoms in total. The molecule has 0 aliphatic carbocycles. The van der Waals surface area contributed by atoms with E-state index in [1.165, 1.54) is 21.3 Å². The van der Waals surface area contributed by atoms with E-state index in [4.69, 9.17) is 17.0 Å². The zero-order valence-corrected chi connectivity index (χ0v) is 20.6. The standard InChI is InChI=1S/C26H32N4O2S/c1-18-10-11-21(14-19(18)2)16-29-12-13-32-23(17-29)15-27-24-20(3)25(31)28(4)26(33)30(24)22-8-6-5-7-9-22/h5-11,14,23,27H,12-13,15-17H2,1-4H3. The number of rotatable bonds is 6. The number of morpholine rings is 1. The van der Waals surface area contributed by atoms with Crippen molar-refractivity contribution in [2.75, 3.05) is 31.6 Å². The van der Waals surface area contributed by atoms with Gasteiger partial charge in [0, 0.05) is 38.9 Å². The number of aryl methyl sites for hydroxylation is 2. The maximum absolute atomic E-state index is 12.8. The van der Waals surface area contributed by atoms with Gasteiger partial charge in [0.1, 0.15) is 5.82 Å². The molecule has 0 spiro atoms. The van der Waals surface area contributed by atoms with Crippen LogP contribution in [0.1, 0.15) is 22.3 Å². The van der Waals surface area contributed by atoms with E-state index < -0.39 is 0 Å². The largest absolute Gasteiger partial charge is 0.374 e. The van der Waals surface area contributed by atoms with E-state index in [9.17, 15) is 4.79 Å². The summed E-state index contributed by atoms with van der Waals surface area (Å²) in [5, 5.41) is 3.49. The first-order valence-corrected chi connectivity index (χ1v) is 11.8. The Morgan fingerprint density at radius 3 is 2.58 bits per heavy atom. The van der Waals surface area contributed by atoms with Crippen LogP contribution in [0.5, 0.6) is 0 Å². The lowest BCUT2D eigenvalue weighted by atomic mass is 10.1. The second kappa shape index (κ2) is 10.0. The van der Waals surface area contributed by atoms with Gasteiger partial charge in [0.15, 0.2) is 4.77 Å². The molecule has 2 heterocycles. The number of ether oxygens (including phenoxy) is 1. The summed E-state index contributed by atoms with van der Waals surface area (Å²) in [6, 6.07) is 16.6. The maximum Gasteiger partial charge on any atom is 0.259 e. The first kappa shape index (κ1) is 23.4. The van der Waals surface area contributed by atoms with Crippen molar-refractivity contribution in [2.45, 2.75) is 33.4 Å². The summed E-state index contributed by atoms with van der Waals surface area (Å²) in [5.74, 6) is 0.726. The normalized spacial score (nSPS) is 16.7. The summed E-state index contributed by atoms with van der Waals surface area (Å²) >= 11 is 5.64. The van der Waals surface area contributed by atoms with Crippen LogP contribution in [0.25, 0.3) is 5.69 Å². The number of aromatic nitrogens is 2. The molecule has 1 aliphatic heterocycles. The SMILES string of the molecule is Cc1ccc(CN2CCOC(CNc3c(C)c(=O)n(C)c(=S)n3-c3ccccc3)C2)cc1C. The van der Waals surface area contributed by atoms with Gasteiger partial charge in [-0.3, -0.25) is 18.8 Å². The lowest BCUT2D eigenvalue weighted by molar-refractivity contribution is -0.0241. The monoisotopic (exact) mass is 464 g/mol. The Morgan fingerprint density at radius 1 is 1.09 bits per heavy atom. The van der Waals surface area contributed by atoms with E-state index in [0.717, 1.165) is 31.1 Å². The van der Waals surface area contributed by atoms with Crippen molar-refractivity contribution >= 4 is 18.0 Å². The van der Waals surface area contributed by atoms with Gasteiger partial charge < -0.3 is 10.1 Å².